The van der Waals surface area contributed by atoms with E-state index in [9.17, 15) is 0 Å². The molecule has 43 valence electrons. The molecule has 0 aromatic rings. The van der Waals surface area contributed by atoms with Crippen LogP contribution in [0.1, 0.15) is 13.3 Å². The fourth-order valence-electron chi connectivity index (χ4n) is 0.653. The maximum absolute atomic E-state index is 5.46. The fraction of sp³-hybridized carbons (Fsp3) is 0.286. The van der Waals surface area contributed by atoms with Crippen molar-refractivity contribution in [3.8, 4) is 0 Å². The van der Waals surface area contributed by atoms with Crippen LogP contribution in [0.4, 0.5) is 0 Å². The van der Waals surface area contributed by atoms with Crippen molar-refractivity contribution in [1.82, 2.24) is 0 Å². The predicted molar refractivity (Wildman–Crippen MR) is 34.9 cm³/mol. The third-order valence-corrected chi connectivity index (χ3v) is 1.22. The molecule has 2 N–H and O–H groups in total. The molecule has 0 aromatic heterocycles. The fourth-order valence-corrected chi connectivity index (χ4v) is 0.653. The van der Waals surface area contributed by atoms with E-state index in [0.717, 1.165) is 12.1 Å². The first-order valence-electron chi connectivity index (χ1n) is 2.75. The van der Waals surface area contributed by atoms with Crippen molar-refractivity contribution in [2.45, 2.75) is 13.3 Å². The molecule has 0 aliphatic heterocycles. The summed E-state index contributed by atoms with van der Waals surface area (Å²) in [6.07, 6.45) is 7.02. The Morgan fingerprint density at radius 1 is 1.50 bits per heavy atom. The molecule has 8 heavy (non-hydrogen) atoms. The largest absolute Gasteiger partial charge is 0.399 e. The van der Waals surface area contributed by atoms with Crippen LogP contribution in [-0.2, 0) is 0 Å². The third-order valence-electron chi connectivity index (χ3n) is 1.22. The van der Waals surface area contributed by atoms with Crippen LogP contribution in [0.2, 0.25) is 0 Å². The third kappa shape index (κ3) is 1.12. The molecule has 0 saturated carbocycles. The van der Waals surface area contributed by atoms with Gasteiger partial charge in [0.2, 0.25) is 0 Å². The first-order chi connectivity index (χ1) is 3.79. The lowest BCUT2D eigenvalue weighted by Crippen LogP contribution is -1.99. The van der Waals surface area contributed by atoms with Gasteiger partial charge in [-0.1, -0.05) is 19.1 Å². The molecule has 1 aliphatic rings. The molecule has 1 nitrogen and oxygen atoms in total. The van der Waals surface area contributed by atoms with Gasteiger partial charge >= 0.3 is 0 Å². The molecule has 0 unspecified atom stereocenters. The lowest BCUT2D eigenvalue weighted by molar-refractivity contribution is 1.03. The number of nitrogens with two attached hydrogens (primary N) is 1. The molecule has 0 fully saturated rings. The lowest BCUT2D eigenvalue weighted by Gasteiger charge is -2.06. The molecular formula is C7H10N. The molecule has 1 rings (SSSR count). The summed E-state index contributed by atoms with van der Waals surface area (Å²) in [5, 5.41) is 0. The molecule has 0 heterocycles. The second-order valence-corrected chi connectivity index (χ2v) is 2.09. The van der Waals surface area contributed by atoms with Crippen LogP contribution in [0.5, 0.6) is 0 Å². The average molecular weight is 108 g/mol. The summed E-state index contributed by atoms with van der Waals surface area (Å²) in [5.74, 6) is 1.37. The van der Waals surface area contributed by atoms with Crippen molar-refractivity contribution < 1.29 is 0 Å². The minimum atomic E-state index is 0.885. The van der Waals surface area contributed by atoms with E-state index in [1.165, 1.54) is 5.92 Å². The predicted octanol–water partition coefficient (Wildman–Crippen LogP) is 1.38. The maximum atomic E-state index is 5.46. The van der Waals surface area contributed by atoms with E-state index >= 15 is 0 Å². The van der Waals surface area contributed by atoms with Crippen LogP contribution >= 0.6 is 0 Å². The van der Waals surface area contributed by atoms with E-state index in [4.69, 9.17) is 5.73 Å². The zero-order chi connectivity index (χ0) is 5.98. The normalized spacial score (nSPS) is 20.9. The molecule has 1 aliphatic carbocycles. The van der Waals surface area contributed by atoms with Crippen molar-refractivity contribution in [3.05, 3.63) is 29.8 Å². The Kier molecular flexibility index (Phi) is 1.38. The van der Waals surface area contributed by atoms with Gasteiger partial charge in [-0.15, -0.1) is 0 Å². The van der Waals surface area contributed by atoms with Gasteiger partial charge in [0.1, 0.15) is 0 Å². The minimum Gasteiger partial charge on any atom is -0.399 e. The summed E-state index contributed by atoms with van der Waals surface area (Å²) in [6.45, 7) is 2.10. The van der Waals surface area contributed by atoms with Crippen molar-refractivity contribution in [1.29, 1.82) is 0 Å². The van der Waals surface area contributed by atoms with Crippen LogP contribution < -0.4 is 5.73 Å². The SMILES string of the molecule is C[C]1C=CC(N)=CC1. The zero-order valence-electron chi connectivity index (χ0n) is 5.02. The van der Waals surface area contributed by atoms with Gasteiger partial charge in [-0.05, 0) is 18.4 Å². The summed E-state index contributed by atoms with van der Waals surface area (Å²) >= 11 is 0. The van der Waals surface area contributed by atoms with Gasteiger partial charge in [-0.3, -0.25) is 0 Å². The molecule has 0 atom stereocenters. The Bertz CT molecular complexity index is 133. The first-order valence-corrected chi connectivity index (χ1v) is 2.75. The number of hydrogen-bond acceptors (Lipinski definition) is 1. The van der Waals surface area contributed by atoms with Gasteiger partial charge in [0, 0.05) is 5.70 Å². The molecule has 0 spiro atoms. The van der Waals surface area contributed by atoms with Crippen LogP contribution in [-0.4, -0.2) is 0 Å². The number of rotatable bonds is 0. The van der Waals surface area contributed by atoms with Gasteiger partial charge in [0.25, 0.3) is 0 Å². The molecule has 1 heteroatoms. The number of allylic oxidation sites excluding steroid dienone is 3. The van der Waals surface area contributed by atoms with Crippen molar-refractivity contribution in [2.24, 2.45) is 5.73 Å². The van der Waals surface area contributed by atoms with E-state index in [1.807, 2.05) is 12.2 Å². The zero-order valence-corrected chi connectivity index (χ0v) is 5.02. The minimum absolute atomic E-state index is 0.885. The standard InChI is InChI=1S/C7H10N/c1-6-2-4-7(8)5-3-6/h2,4-5H,3,8H2,1H3. The van der Waals surface area contributed by atoms with Crippen LogP contribution in [0.3, 0.4) is 0 Å². The van der Waals surface area contributed by atoms with Crippen molar-refractivity contribution >= 4 is 0 Å². The van der Waals surface area contributed by atoms with Gasteiger partial charge in [0.15, 0.2) is 0 Å². The quantitative estimate of drug-likeness (QED) is 0.498. The van der Waals surface area contributed by atoms with Crippen molar-refractivity contribution in [2.75, 3.05) is 0 Å². The maximum Gasteiger partial charge on any atom is 0.0270 e. The molecule has 0 aromatic carbocycles. The van der Waals surface area contributed by atoms with Gasteiger partial charge in [0.05, 0.1) is 0 Å². The van der Waals surface area contributed by atoms with E-state index in [0.29, 0.717) is 0 Å². The van der Waals surface area contributed by atoms with E-state index < -0.39 is 0 Å². The summed E-state index contributed by atoms with van der Waals surface area (Å²) in [7, 11) is 0. The highest BCUT2D eigenvalue weighted by atomic mass is 14.6. The Labute approximate surface area is 49.9 Å². The van der Waals surface area contributed by atoms with Gasteiger partial charge < -0.3 is 5.73 Å². The molecule has 0 bridgehead atoms. The monoisotopic (exact) mass is 108 g/mol. The second kappa shape index (κ2) is 2.03. The number of hydrogen-bond donors (Lipinski definition) is 1. The van der Waals surface area contributed by atoms with Gasteiger partial charge in [-0.2, -0.15) is 0 Å². The van der Waals surface area contributed by atoms with Crippen LogP contribution in [0.15, 0.2) is 23.9 Å². The highest BCUT2D eigenvalue weighted by Crippen LogP contribution is 2.13. The van der Waals surface area contributed by atoms with Crippen LogP contribution in [0, 0.1) is 5.92 Å². The Morgan fingerprint density at radius 3 is 2.62 bits per heavy atom. The van der Waals surface area contributed by atoms with E-state index in [2.05, 4.69) is 13.0 Å². The topological polar surface area (TPSA) is 26.0 Å². The van der Waals surface area contributed by atoms with E-state index in [1.54, 1.807) is 0 Å². The molecular weight excluding hydrogens is 98.1 g/mol. The summed E-state index contributed by atoms with van der Waals surface area (Å²) in [5.41, 5.74) is 6.34. The lowest BCUT2D eigenvalue weighted by atomic mass is 10.0. The Hall–Kier alpha value is -0.720. The molecule has 0 saturated heterocycles. The second-order valence-electron chi connectivity index (χ2n) is 2.09. The van der Waals surface area contributed by atoms with Crippen LogP contribution in [0.25, 0.3) is 0 Å². The highest BCUT2D eigenvalue weighted by Gasteiger charge is 1.98. The van der Waals surface area contributed by atoms with Gasteiger partial charge in [-0.25, -0.2) is 0 Å². The summed E-state index contributed by atoms with van der Waals surface area (Å²) in [4.78, 5) is 0. The molecule has 1 radical (unpaired) electrons. The Morgan fingerprint density at radius 2 is 2.25 bits per heavy atom. The smallest absolute Gasteiger partial charge is 0.0270 e. The average Bonchev–Trinajstić information content (AvgIpc) is 1.77. The summed E-state index contributed by atoms with van der Waals surface area (Å²) < 4.78 is 0. The first kappa shape index (κ1) is 5.42. The molecule has 0 amide bonds. The van der Waals surface area contributed by atoms with E-state index in [-0.39, 0.29) is 0 Å². The van der Waals surface area contributed by atoms with Crippen molar-refractivity contribution in [3.63, 3.8) is 0 Å². The summed E-state index contributed by atoms with van der Waals surface area (Å²) in [6, 6.07) is 0. The highest BCUT2D eigenvalue weighted by molar-refractivity contribution is 5.28. The Balaban J connectivity index is 2.58.